The molecule has 0 aliphatic carbocycles. The van der Waals surface area contributed by atoms with E-state index in [2.05, 4.69) is 12.2 Å². The van der Waals surface area contributed by atoms with E-state index in [9.17, 15) is 0 Å². The molecule has 0 rings (SSSR count). The minimum absolute atomic E-state index is 0.465. The van der Waals surface area contributed by atoms with Crippen LogP contribution in [0, 0.1) is 0 Å². The summed E-state index contributed by atoms with van der Waals surface area (Å²) in [5, 5.41) is 12.1. The first kappa shape index (κ1) is 9.88. The zero-order valence-corrected chi connectivity index (χ0v) is 6.85. The summed E-state index contributed by atoms with van der Waals surface area (Å²) < 4.78 is 0. The summed E-state index contributed by atoms with van der Waals surface area (Å²) in [6, 6.07) is 0. The SMILES string of the molecule is CCCCNCC(C)(N)O. The lowest BCUT2D eigenvalue weighted by Gasteiger charge is -2.17. The zero-order chi connectivity index (χ0) is 8.04. The third-order valence-electron chi connectivity index (χ3n) is 1.19. The summed E-state index contributed by atoms with van der Waals surface area (Å²) in [6.07, 6.45) is 2.30. The number of nitrogens with two attached hydrogens (primary N) is 1. The van der Waals surface area contributed by atoms with Crippen molar-refractivity contribution in [3.8, 4) is 0 Å². The van der Waals surface area contributed by atoms with Crippen LogP contribution in [-0.2, 0) is 0 Å². The second kappa shape index (κ2) is 4.66. The molecule has 0 aromatic heterocycles. The van der Waals surface area contributed by atoms with Crippen LogP contribution in [0.1, 0.15) is 26.7 Å². The summed E-state index contributed by atoms with van der Waals surface area (Å²) in [5.74, 6) is 0. The summed E-state index contributed by atoms with van der Waals surface area (Å²) >= 11 is 0. The van der Waals surface area contributed by atoms with Gasteiger partial charge in [-0.1, -0.05) is 13.3 Å². The molecule has 0 fully saturated rings. The van der Waals surface area contributed by atoms with Crippen LogP contribution in [0.15, 0.2) is 0 Å². The van der Waals surface area contributed by atoms with Gasteiger partial charge < -0.3 is 16.2 Å². The summed E-state index contributed by atoms with van der Waals surface area (Å²) in [5.41, 5.74) is 4.25. The molecule has 0 saturated carbocycles. The van der Waals surface area contributed by atoms with Crippen LogP contribution in [0.3, 0.4) is 0 Å². The van der Waals surface area contributed by atoms with Crippen molar-refractivity contribution in [1.82, 2.24) is 5.32 Å². The maximum atomic E-state index is 9.03. The summed E-state index contributed by atoms with van der Waals surface area (Å²) in [6.45, 7) is 5.12. The molecule has 4 N–H and O–H groups in total. The van der Waals surface area contributed by atoms with Crippen molar-refractivity contribution < 1.29 is 5.11 Å². The van der Waals surface area contributed by atoms with Crippen molar-refractivity contribution in [2.75, 3.05) is 13.1 Å². The number of hydrogen-bond donors (Lipinski definition) is 3. The van der Waals surface area contributed by atoms with Gasteiger partial charge in [-0.15, -0.1) is 0 Å². The molecule has 62 valence electrons. The van der Waals surface area contributed by atoms with Crippen LogP contribution in [-0.4, -0.2) is 23.9 Å². The Kier molecular flexibility index (Phi) is 4.60. The van der Waals surface area contributed by atoms with E-state index in [1.807, 2.05) is 0 Å². The fourth-order valence-corrected chi connectivity index (χ4v) is 0.643. The predicted molar refractivity (Wildman–Crippen MR) is 42.6 cm³/mol. The Morgan fingerprint density at radius 1 is 1.60 bits per heavy atom. The zero-order valence-electron chi connectivity index (χ0n) is 6.85. The van der Waals surface area contributed by atoms with E-state index >= 15 is 0 Å². The van der Waals surface area contributed by atoms with Gasteiger partial charge >= 0.3 is 0 Å². The van der Waals surface area contributed by atoms with Crippen LogP contribution in [0.4, 0.5) is 0 Å². The largest absolute Gasteiger partial charge is 0.375 e. The first-order chi connectivity index (χ1) is 4.56. The van der Waals surface area contributed by atoms with Crippen molar-refractivity contribution >= 4 is 0 Å². The quantitative estimate of drug-likeness (QED) is 0.379. The highest BCUT2D eigenvalue weighted by Gasteiger charge is 2.10. The van der Waals surface area contributed by atoms with Gasteiger partial charge in [-0.25, -0.2) is 0 Å². The first-order valence-corrected chi connectivity index (χ1v) is 3.78. The van der Waals surface area contributed by atoms with E-state index in [1.54, 1.807) is 6.92 Å². The van der Waals surface area contributed by atoms with E-state index in [4.69, 9.17) is 10.8 Å². The molecule has 0 spiro atoms. The highest BCUT2D eigenvalue weighted by atomic mass is 16.3. The Labute approximate surface area is 62.6 Å². The maximum Gasteiger partial charge on any atom is 0.123 e. The monoisotopic (exact) mass is 146 g/mol. The Hall–Kier alpha value is -0.120. The van der Waals surface area contributed by atoms with Crippen molar-refractivity contribution in [3.63, 3.8) is 0 Å². The van der Waals surface area contributed by atoms with Crippen LogP contribution in [0.25, 0.3) is 0 Å². The number of unbranched alkanes of at least 4 members (excludes halogenated alkanes) is 1. The normalized spacial score (nSPS) is 16.8. The Morgan fingerprint density at radius 3 is 2.60 bits per heavy atom. The van der Waals surface area contributed by atoms with Crippen molar-refractivity contribution in [3.05, 3.63) is 0 Å². The van der Waals surface area contributed by atoms with E-state index in [-0.39, 0.29) is 0 Å². The van der Waals surface area contributed by atoms with Gasteiger partial charge in [-0.2, -0.15) is 0 Å². The number of nitrogens with one attached hydrogen (secondary N) is 1. The van der Waals surface area contributed by atoms with E-state index in [0.717, 1.165) is 13.0 Å². The summed E-state index contributed by atoms with van der Waals surface area (Å²) in [4.78, 5) is 0. The van der Waals surface area contributed by atoms with Gasteiger partial charge in [-0.3, -0.25) is 0 Å². The van der Waals surface area contributed by atoms with E-state index in [1.165, 1.54) is 6.42 Å². The highest BCUT2D eigenvalue weighted by molar-refractivity contribution is 4.65. The van der Waals surface area contributed by atoms with Crippen molar-refractivity contribution in [2.45, 2.75) is 32.4 Å². The third-order valence-corrected chi connectivity index (χ3v) is 1.19. The fourth-order valence-electron chi connectivity index (χ4n) is 0.643. The molecule has 0 amide bonds. The van der Waals surface area contributed by atoms with Gasteiger partial charge in [0.15, 0.2) is 0 Å². The second-order valence-electron chi connectivity index (χ2n) is 2.89. The molecule has 0 saturated heterocycles. The molecule has 0 bridgehead atoms. The van der Waals surface area contributed by atoms with Crippen LogP contribution < -0.4 is 11.1 Å². The van der Waals surface area contributed by atoms with Gasteiger partial charge in [0.25, 0.3) is 0 Å². The highest BCUT2D eigenvalue weighted by Crippen LogP contribution is 1.89. The minimum Gasteiger partial charge on any atom is -0.375 e. The molecule has 3 heteroatoms. The molecule has 1 unspecified atom stereocenters. The maximum absolute atomic E-state index is 9.03. The number of rotatable bonds is 5. The van der Waals surface area contributed by atoms with Gasteiger partial charge in [0.1, 0.15) is 5.72 Å². The van der Waals surface area contributed by atoms with E-state index in [0.29, 0.717) is 6.54 Å². The second-order valence-corrected chi connectivity index (χ2v) is 2.89. The molecule has 0 aliphatic heterocycles. The predicted octanol–water partition coefficient (Wildman–Crippen LogP) is 0.0433. The van der Waals surface area contributed by atoms with E-state index < -0.39 is 5.72 Å². The molecule has 0 radical (unpaired) electrons. The van der Waals surface area contributed by atoms with Crippen LogP contribution in [0.5, 0.6) is 0 Å². The van der Waals surface area contributed by atoms with Gasteiger partial charge in [0, 0.05) is 6.54 Å². The van der Waals surface area contributed by atoms with Gasteiger partial charge in [0.2, 0.25) is 0 Å². The third kappa shape index (κ3) is 7.88. The van der Waals surface area contributed by atoms with Crippen molar-refractivity contribution in [2.24, 2.45) is 5.73 Å². The van der Waals surface area contributed by atoms with Crippen LogP contribution in [0.2, 0.25) is 0 Å². The standard InChI is InChI=1S/C7H18N2O/c1-3-4-5-9-6-7(2,8)10/h9-10H,3-6,8H2,1-2H3. The summed E-state index contributed by atoms with van der Waals surface area (Å²) in [7, 11) is 0. The first-order valence-electron chi connectivity index (χ1n) is 3.78. The number of hydrogen-bond acceptors (Lipinski definition) is 3. The topological polar surface area (TPSA) is 58.3 Å². The molecule has 3 nitrogen and oxygen atoms in total. The molecule has 0 aliphatic rings. The lowest BCUT2D eigenvalue weighted by atomic mass is 10.2. The minimum atomic E-state index is -1.06. The smallest absolute Gasteiger partial charge is 0.123 e. The molecule has 0 heterocycles. The lowest BCUT2D eigenvalue weighted by molar-refractivity contribution is 0.0669. The molecule has 0 aromatic rings. The average molecular weight is 146 g/mol. The van der Waals surface area contributed by atoms with Crippen molar-refractivity contribution in [1.29, 1.82) is 0 Å². The molecular formula is C7H18N2O. The average Bonchev–Trinajstić information content (AvgIpc) is 1.78. The van der Waals surface area contributed by atoms with Gasteiger partial charge in [0.05, 0.1) is 0 Å². The molecule has 0 aromatic carbocycles. The van der Waals surface area contributed by atoms with Crippen LogP contribution >= 0.6 is 0 Å². The Balaban J connectivity index is 3.04. The molecule has 10 heavy (non-hydrogen) atoms. The Morgan fingerprint density at radius 2 is 2.20 bits per heavy atom. The van der Waals surface area contributed by atoms with Gasteiger partial charge in [-0.05, 0) is 19.9 Å². The fraction of sp³-hybridized carbons (Fsp3) is 1.00. The lowest BCUT2D eigenvalue weighted by Crippen LogP contribution is -2.45. The molecule has 1 atom stereocenters. The Bertz CT molecular complexity index is 78.2. The molecular weight excluding hydrogens is 128 g/mol. The number of aliphatic hydroxyl groups is 1.